The molecule has 0 spiro atoms. The van der Waals surface area contributed by atoms with Crippen molar-refractivity contribution in [2.45, 2.75) is 19.4 Å². The summed E-state index contributed by atoms with van der Waals surface area (Å²) < 4.78 is 4.68. The molecule has 5 heteroatoms. The van der Waals surface area contributed by atoms with Crippen LogP contribution in [0.5, 0.6) is 0 Å². The molecule has 0 amide bonds. The molecule has 60 valence electrons. The van der Waals surface area contributed by atoms with Crippen molar-refractivity contribution < 1.29 is 9.66 Å². The molecule has 0 aromatic heterocycles. The fraction of sp³-hybridized carbons (Fsp3) is 1.00. The van der Waals surface area contributed by atoms with Crippen LogP contribution in [-0.2, 0) is 4.74 Å². The summed E-state index contributed by atoms with van der Waals surface area (Å²) in [7, 11) is 0. The molecule has 0 saturated heterocycles. The van der Waals surface area contributed by atoms with Gasteiger partial charge in [-0.2, -0.15) is 0 Å². The quantitative estimate of drug-likeness (QED) is 0.360. The zero-order chi connectivity index (χ0) is 8.20. The van der Waals surface area contributed by atoms with Gasteiger partial charge >= 0.3 is 0 Å². The Hall–Kier alpha value is -0.350. The molecule has 10 heavy (non-hydrogen) atoms. The van der Waals surface area contributed by atoms with Crippen LogP contribution in [0.15, 0.2) is 0 Å². The number of ether oxygens (including phenoxy) is 1. The monoisotopic (exact) mass is 167 g/mol. The number of rotatable bonds is 4. The predicted molar refractivity (Wildman–Crippen MR) is 37.7 cm³/mol. The van der Waals surface area contributed by atoms with Gasteiger partial charge < -0.3 is 4.74 Å². The first-order chi connectivity index (χ1) is 4.50. The van der Waals surface area contributed by atoms with Gasteiger partial charge in [-0.05, 0) is 0 Å². The minimum atomic E-state index is -1.03. The molecule has 4 nitrogen and oxygen atoms in total. The van der Waals surface area contributed by atoms with Crippen LogP contribution in [0.25, 0.3) is 0 Å². The van der Waals surface area contributed by atoms with Crippen LogP contribution < -0.4 is 0 Å². The van der Waals surface area contributed by atoms with Gasteiger partial charge in [0, 0.05) is 18.8 Å². The molecule has 0 radical (unpaired) electrons. The van der Waals surface area contributed by atoms with Gasteiger partial charge in [0.15, 0.2) is 0 Å². The number of alkyl halides is 1. The third-order valence-electron chi connectivity index (χ3n) is 1.03. The van der Waals surface area contributed by atoms with E-state index in [0.29, 0.717) is 0 Å². The highest BCUT2D eigenvalue weighted by molar-refractivity contribution is 6.17. The summed E-state index contributed by atoms with van der Waals surface area (Å²) in [6.45, 7) is 3.02. The summed E-state index contributed by atoms with van der Waals surface area (Å²) in [5, 5.41) is 10.2. The highest BCUT2D eigenvalue weighted by Crippen LogP contribution is 2.07. The van der Waals surface area contributed by atoms with E-state index in [1.807, 2.05) is 0 Å². The average molecular weight is 168 g/mol. The SMILES string of the molecule is CC(C)(COCCl)[N+](=O)[O-]. The van der Waals surface area contributed by atoms with Crippen LogP contribution >= 0.6 is 11.6 Å². The molecule has 0 unspecified atom stereocenters. The molecule has 0 aromatic carbocycles. The van der Waals surface area contributed by atoms with Gasteiger partial charge in [-0.3, -0.25) is 10.1 Å². The molecule has 0 N–H and O–H groups in total. The second-order valence-corrected chi connectivity index (χ2v) is 2.75. The van der Waals surface area contributed by atoms with E-state index in [-0.39, 0.29) is 17.6 Å². The second kappa shape index (κ2) is 3.73. The lowest BCUT2D eigenvalue weighted by Gasteiger charge is -2.13. The molecule has 0 aliphatic rings. The molecule has 0 atom stereocenters. The maximum Gasteiger partial charge on any atom is 0.239 e. The number of nitrogens with zero attached hydrogens (tertiary/aromatic N) is 1. The molecular formula is C5H10ClNO3. The van der Waals surface area contributed by atoms with Crippen molar-refractivity contribution in [3.8, 4) is 0 Å². The summed E-state index contributed by atoms with van der Waals surface area (Å²) in [5.41, 5.74) is -1.03. The molecular weight excluding hydrogens is 158 g/mol. The van der Waals surface area contributed by atoms with Crippen LogP contribution in [0.3, 0.4) is 0 Å². The smallest absolute Gasteiger partial charge is 0.239 e. The second-order valence-electron chi connectivity index (χ2n) is 2.53. The van der Waals surface area contributed by atoms with Gasteiger partial charge in [0.1, 0.15) is 12.7 Å². The van der Waals surface area contributed by atoms with Crippen molar-refractivity contribution in [3.63, 3.8) is 0 Å². The van der Waals surface area contributed by atoms with Crippen molar-refractivity contribution in [1.82, 2.24) is 0 Å². The molecule has 0 saturated carbocycles. The lowest BCUT2D eigenvalue weighted by atomic mass is 10.1. The lowest BCUT2D eigenvalue weighted by molar-refractivity contribution is -0.564. The highest BCUT2D eigenvalue weighted by Gasteiger charge is 2.30. The molecule has 0 aromatic rings. The zero-order valence-corrected chi connectivity index (χ0v) is 6.72. The first-order valence-corrected chi connectivity index (χ1v) is 3.32. The van der Waals surface area contributed by atoms with Crippen LogP contribution in [-0.4, -0.2) is 23.1 Å². The maximum atomic E-state index is 10.2. The van der Waals surface area contributed by atoms with Gasteiger partial charge in [-0.1, -0.05) is 11.6 Å². The van der Waals surface area contributed by atoms with Crippen LogP contribution in [0.2, 0.25) is 0 Å². The Morgan fingerprint density at radius 3 is 2.50 bits per heavy atom. The normalized spacial score (nSPS) is 11.5. The summed E-state index contributed by atoms with van der Waals surface area (Å²) in [4.78, 5) is 9.82. The molecule has 0 aliphatic heterocycles. The largest absolute Gasteiger partial charge is 0.358 e. The average Bonchev–Trinajstić information content (AvgIpc) is 1.84. The Morgan fingerprint density at radius 1 is 1.70 bits per heavy atom. The third-order valence-corrected chi connectivity index (χ3v) is 1.18. The molecule has 0 fully saturated rings. The Labute approximate surface area is 64.3 Å². The van der Waals surface area contributed by atoms with E-state index >= 15 is 0 Å². The topological polar surface area (TPSA) is 52.4 Å². The Balaban J connectivity index is 3.75. The van der Waals surface area contributed by atoms with Gasteiger partial charge in [-0.25, -0.2) is 0 Å². The van der Waals surface area contributed by atoms with E-state index < -0.39 is 5.54 Å². The summed E-state index contributed by atoms with van der Waals surface area (Å²) in [6, 6.07) is -0.00271. The number of nitro groups is 1. The van der Waals surface area contributed by atoms with Crippen molar-refractivity contribution in [3.05, 3.63) is 10.1 Å². The van der Waals surface area contributed by atoms with Crippen molar-refractivity contribution in [2.75, 3.05) is 12.7 Å². The van der Waals surface area contributed by atoms with E-state index in [1.165, 1.54) is 13.8 Å². The fourth-order valence-corrected chi connectivity index (χ4v) is 0.418. The van der Waals surface area contributed by atoms with Crippen LogP contribution in [0.1, 0.15) is 13.8 Å². The number of hydrogen-bond donors (Lipinski definition) is 0. The molecule has 0 rings (SSSR count). The van der Waals surface area contributed by atoms with Gasteiger partial charge in [0.05, 0.1) is 0 Å². The van der Waals surface area contributed by atoms with E-state index in [2.05, 4.69) is 4.74 Å². The van der Waals surface area contributed by atoms with E-state index in [0.717, 1.165) is 0 Å². The Morgan fingerprint density at radius 2 is 2.20 bits per heavy atom. The predicted octanol–water partition coefficient (Wildman–Crippen LogP) is 1.25. The van der Waals surface area contributed by atoms with Gasteiger partial charge in [0.2, 0.25) is 5.54 Å². The van der Waals surface area contributed by atoms with Gasteiger partial charge in [-0.15, -0.1) is 0 Å². The third kappa shape index (κ3) is 2.98. The summed E-state index contributed by atoms with van der Waals surface area (Å²) in [6.07, 6.45) is 0. The minimum absolute atomic E-state index is 0.00271. The standard InChI is InChI=1S/C5H10ClNO3/c1-5(2,7(8)9)3-10-4-6/h3-4H2,1-2H3. The van der Waals surface area contributed by atoms with Crippen LogP contribution in [0, 0.1) is 10.1 Å². The molecule has 0 aliphatic carbocycles. The van der Waals surface area contributed by atoms with Gasteiger partial charge in [0.25, 0.3) is 0 Å². The maximum absolute atomic E-state index is 10.2. The van der Waals surface area contributed by atoms with Crippen LogP contribution in [0.4, 0.5) is 0 Å². The van der Waals surface area contributed by atoms with Crippen molar-refractivity contribution in [2.24, 2.45) is 0 Å². The number of hydrogen-bond acceptors (Lipinski definition) is 3. The highest BCUT2D eigenvalue weighted by atomic mass is 35.5. The van der Waals surface area contributed by atoms with Crippen molar-refractivity contribution in [1.29, 1.82) is 0 Å². The number of halogens is 1. The Bertz CT molecular complexity index is 126. The Kier molecular flexibility index (Phi) is 3.60. The van der Waals surface area contributed by atoms with E-state index in [4.69, 9.17) is 11.6 Å². The van der Waals surface area contributed by atoms with E-state index in [9.17, 15) is 10.1 Å². The van der Waals surface area contributed by atoms with Crippen molar-refractivity contribution >= 4 is 11.6 Å². The minimum Gasteiger partial charge on any atom is -0.358 e. The zero-order valence-electron chi connectivity index (χ0n) is 5.96. The first kappa shape index (κ1) is 9.65. The molecule has 0 bridgehead atoms. The summed E-state index contributed by atoms with van der Waals surface area (Å²) >= 11 is 5.17. The molecule has 0 heterocycles. The lowest BCUT2D eigenvalue weighted by Crippen LogP contribution is -2.36. The fourth-order valence-electron chi connectivity index (χ4n) is 0.341. The first-order valence-electron chi connectivity index (χ1n) is 2.79. The summed E-state index contributed by atoms with van der Waals surface area (Å²) in [5.74, 6) is 0. The van der Waals surface area contributed by atoms with E-state index in [1.54, 1.807) is 0 Å².